The van der Waals surface area contributed by atoms with E-state index in [2.05, 4.69) is 42.8 Å². The largest absolute Gasteiger partial charge is 0.347 e. The summed E-state index contributed by atoms with van der Waals surface area (Å²) in [6.45, 7) is 5.29. The summed E-state index contributed by atoms with van der Waals surface area (Å²) in [7, 11) is 0. The molecular formula is C14H18N2. The van der Waals surface area contributed by atoms with Crippen LogP contribution in [0.3, 0.4) is 0 Å². The minimum absolute atomic E-state index is 0.257. The highest BCUT2D eigenvalue weighted by Crippen LogP contribution is 2.33. The molecule has 16 heavy (non-hydrogen) atoms. The van der Waals surface area contributed by atoms with Crippen molar-refractivity contribution in [3.05, 3.63) is 35.5 Å². The van der Waals surface area contributed by atoms with Gasteiger partial charge < -0.3 is 10.3 Å². The zero-order chi connectivity index (χ0) is 11.3. The van der Waals surface area contributed by atoms with Gasteiger partial charge in [-0.05, 0) is 37.8 Å². The van der Waals surface area contributed by atoms with E-state index < -0.39 is 0 Å². The van der Waals surface area contributed by atoms with Crippen LogP contribution in [0.4, 0.5) is 0 Å². The van der Waals surface area contributed by atoms with Crippen LogP contribution in [-0.4, -0.2) is 4.57 Å². The van der Waals surface area contributed by atoms with Gasteiger partial charge in [-0.3, -0.25) is 0 Å². The Kier molecular flexibility index (Phi) is 1.93. The zero-order valence-corrected chi connectivity index (χ0v) is 9.96. The van der Waals surface area contributed by atoms with Crippen LogP contribution in [0.2, 0.25) is 0 Å². The van der Waals surface area contributed by atoms with E-state index in [-0.39, 0.29) is 5.54 Å². The maximum atomic E-state index is 6.25. The summed E-state index contributed by atoms with van der Waals surface area (Å²) in [4.78, 5) is 0. The highest BCUT2D eigenvalue weighted by Gasteiger charge is 2.23. The van der Waals surface area contributed by atoms with Crippen molar-refractivity contribution in [2.45, 2.75) is 38.8 Å². The summed E-state index contributed by atoms with van der Waals surface area (Å²) in [6.07, 6.45) is 4.68. The van der Waals surface area contributed by atoms with E-state index in [0.717, 1.165) is 6.54 Å². The van der Waals surface area contributed by atoms with Crippen molar-refractivity contribution in [3.63, 3.8) is 0 Å². The van der Waals surface area contributed by atoms with E-state index in [4.69, 9.17) is 5.73 Å². The molecule has 0 aliphatic carbocycles. The van der Waals surface area contributed by atoms with Crippen LogP contribution < -0.4 is 5.73 Å². The fourth-order valence-corrected chi connectivity index (χ4v) is 2.77. The SMILES string of the molecule is CC(C)(N)c1cn2c3c(cccc13)CCC2. The Labute approximate surface area is 96.1 Å². The molecule has 0 saturated carbocycles. The van der Waals surface area contributed by atoms with E-state index >= 15 is 0 Å². The second-order valence-electron chi connectivity index (χ2n) is 5.37. The average Bonchev–Trinajstić information content (AvgIpc) is 2.60. The fourth-order valence-electron chi connectivity index (χ4n) is 2.77. The van der Waals surface area contributed by atoms with Crippen LogP contribution in [0.25, 0.3) is 10.9 Å². The molecule has 2 N–H and O–H groups in total. The van der Waals surface area contributed by atoms with Crippen molar-refractivity contribution in [1.82, 2.24) is 4.57 Å². The maximum absolute atomic E-state index is 6.25. The Morgan fingerprint density at radius 3 is 2.88 bits per heavy atom. The van der Waals surface area contributed by atoms with E-state index in [1.165, 1.54) is 34.9 Å². The number of benzene rings is 1. The zero-order valence-electron chi connectivity index (χ0n) is 9.96. The van der Waals surface area contributed by atoms with Gasteiger partial charge in [-0.15, -0.1) is 0 Å². The number of para-hydroxylation sites is 1. The van der Waals surface area contributed by atoms with Gasteiger partial charge in [0.25, 0.3) is 0 Å². The molecule has 1 aliphatic rings. The molecule has 84 valence electrons. The average molecular weight is 214 g/mol. The summed E-state index contributed by atoms with van der Waals surface area (Å²) < 4.78 is 2.37. The summed E-state index contributed by atoms with van der Waals surface area (Å²) in [5.74, 6) is 0. The topological polar surface area (TPSA) is 30.9 Å². The third-order valence-corrected chi connectivity index (χ3v) is 3.52. The monoisotopic (exact) mass is 214 g/mol. The first-order valence-corrected chi connectivity index (χ1v) is 5.97. The molecule has 2 heterocycles. The molecule has 1 aliphatic heterocycles. The van der Waals surface area contributed by atoms with Gasteiger partial charge in [-0.1, -0.05) is 18.2 Å². The van der Waals surface area contributed by atoms with Crippen molar-refractivity contribution < 1.29 is 0 Å². The number of hydrogen-bond donors (Lipinski definition) is 1. The summed E-state index contributed by atoms with van der Waals surface area (Å²) in [5.41, 5.74) is 10.1. The number of hydrogen-bond acceptors (Lipinski definition) is 1. The third-order valence-electron chi connectivity index (χ3n) is 3.52. The van der Waals surface area contributed by atoms with Crippen molar-refractivity contribution in [1.29, 1.82) is 0 Å². The van der Waals surface area contributed by atoms with Gasteiger partial charge in [-0.25, -0.2) is 0 Å². The third kappa shape index (κ3) is 1.30. The second kappa shape index (κ2) is 3.11. The molecule has 0 bridgehead atoms. The first-order valence-electron chi connectivity index (χ1n) is 5.97. The van der Waals surface area contributed by atoms with Gasteiger partial charge in [-0.2, -0.15) is 0 Å². The Hall–Kier alpha value is -1.28. The van der Waals surface area contributed by atoms with Gasteiger partial charge >= 0.3 is 0 Å². The predicted octanol–water partition coefficient (Wildman–Crippen LogP) is 2.78. The first-order chi connectivity index (χ1) is 7.57. The highest BCUT2D eigenvalue weighted by molar-refractivity contribution is 5.88. The normalized spacial score (nSPS) is 15.7. The minimum atomic E-state index is -0.257. The number of nitrogens with two attached hydrogens (primary N) is 1. The highest BCUT2D eigenvalue weighted by atomic mass is 15.0. The lowest BCUT2D eigenvalue weighted by Crippen LogP contribution is -2.28. The molecule has 0 fully saturated rings. The predicted molar refractivity (Wildman–Crippen MR) is 67.5 cm³/mol. The van der Waals surface area contributed by atoms with Crippen molar-refractivity contribution >= 4 is 10.9 Å². The summed E-state index contributed by atoms with van der Waals surface area (Å²) >= 11 is 0. The molecule has 1 aromatic heterocycles. The molecule has 0 unspecified atom stereocenters. The van der Waals surface area contributed by atoms with Crippen LogP contribution in [0.15, 0.2) is 24.4 Å². The van der Waals surface area contributed by atoms with Gasteiger partial charge in [0.2, 0.25) is 0 Å². The van der Waals surface area contributed by atoms with Crippen molar-refractivity contribution in [3.8, 4) is 0 Å². The molecule has 2 heteroatoms. The number of aromatic nitrogens is 1. The van der Waals surface area contributed by atoms with Crippen molar-refractivity contribution in [2.75, 3.05) is 0 Å². The minimum Gasteiger partial charge on any atom is -0.347 e. The quantitative estimate of drug-likeness (QED) is 0.777. The summed E-state index contributed by atoms with van der Waals surface area (Å²) in [5, 5.41) is 1.34. The number of nitrogens with zero attached hydrogens (tertiary/aromatic N) is 1. The van der Waals surface area contributed by atoms with E-state index in [1.54, 1.807) is 0 Å². The molecule has 2 nitrogen and oxygen atoms in total. The van der Waals surface area contributed by atoms with E-state index in [0.29, 0.717) is 0 Å². The van der Waals surface area contributed by atoms with Gasteiger partial charge in [0.05, 0.1) is 5.52 Å². The molecule has 0 saturated heterocycles. The van der Waals surface area contributed by atoms with Crippen LogP contribution in [0, 0.1) is 0 Å². The molecule has 0 radical (unpaired) electrons. The van der Waals surface area contributed by atoms with Crippen LogP contribution >= 0.6 is 0 Å². The fraction of sp³-hybridized carbons (Fsp3) is 0.429. The number of aryl methyl sites for hydroxylation is 2. The van der Waals surface area contributed by atoms with Crippen LogP contribution in [-0.2, 0) is 18.5 Å². The van der Waals surface area contributed by atoms with Crippen LogP contribution in [0.1, 0.15) is 31.4 Å². The standard InChI is InChI=1S/C14H18N2/c1-14(2,15)12-9-16-8-4-6-10-5-3-7-11(12)13(10)16/h3,5,7,9H,4,6,8,15H2,1-2H3. The van der Waals surface area contributed by atoms with Crippen LogP contribution in [0.5, 0.6) is 0 Å². The first kappa shape index (κ1) is 9.91. The molecular weight excluding hydrogens is 196 g/mol. The Morgan fingerprint density at radius 1 is 1.31 bits per heavy atom. The lowest BCUT2D eigenvalue weighted by molar-refractivity contribution is 0.552. The smallest absolute Gasteiger partial charge is 0.0516 e. The maximum Gasteiger partial charge on any atom is 0.0516 e. The Balaban J connectivity index is 2.39. The summed E-state index contributed by atoms with van der Waals surface area (Å²) in [6, 6.07) is 6.60. The van der Waals surface area contributed by atoms with E-state index in [9.17, 15) is 0 Å². The van der Waals surface area contributed by atoms with Gasteiger partial charge in [0.1, 0.15) is 0 Å². The lowest BCUT2D eigenvalue weighted by Gasteiger charge is -2.17. The van der Waals surface area contributed by atoms with Gasteiger partial charge in [0.15, 0.2) is 0 Å². The molecule has 3 rings (SSSR count). The molecule has 0 amide bonds. The van der Waals surface area contributed by atoms with Crippen molar-refractivity contribution in [2.24, 2.45) is 5.73 Å². The van der Waals surface area contributed by atoms with Gasteiger partial charge in [0, 0.05) is 23.7 Å². The Morgan fingerprint density at radius 2 is 2.12 bits per heavy atom. The number of rotatable bonds is 1. The Bertz CT molecular complexity index is 544. The second-order valence-corrected chi connectivity index (χ2v) is 5.37. The van der Waals surface area contributed by atoms with E-state index in [1.807, 2.05) is 0 Å². The lowest BCUT2D eigenvalue weighted by atomic mass is 9.94. The molecule has 2 aromatic rings. The molecule has 0 spiro atoms. The molecule has 0 atom stereocenters. The molecule has 1 aromatic carbocycles.